The molecule has 4 unspecified atom stereocenters. The van der Waals surface area contributed by atoms with Crippen LogP contribution in [0.15, 0.2) is 60.9 Å². The molecular weight excluding hydrogens is 952 g/mol. The molecule has 2 heterocycles. The lowest BCUT2D eigenvalue weighted by molar-refractivity contribution is -0.133. The summed E-state index contributed by atoms with van der Waals surface area (Å²) >= 11 is 26.3. The normalized spacial score (nSPS) is 19.8. The lowest BCUT2D eigenvalue weighted by Crippen LogP contribution is -2.35. The number of ether oxygens (including phenoxy) is 4. The number of amides is 2. The molecule has 2 amide bonds. The highest BCUT2D eigenvalue weighted by Gasteiger charge is 2.38. The largest absolute Gasteiger partial charge is 0.495 e. The van der Waals surface area contributed by atoms with E-state index in [2.05, 4.69) is 32.5 Å². The number of carbonyl (C=O) groups is 2. The minimum atomic E-state index is -0.150. The van der Waals surface area contributed by atoms with Crippen molar-refractivity contribution in [3.63, 3.8) is 0 Å². The van der Waals surface area contributed by atoms with Crippen LogP contribution in [0.1, 0.15) is 32.6 Å². The molecule has 2 fully saturated rings. The van der Waals surface area contributed by atoms with Crippen molar-refractivity contribution >= 4 is 91.9 Å². The molecule has 0 spiro atoms. The average Bonchev–Trinajstić information content (AvgIpc) is 3.88. The number of nitrogens with two attached hydrogens (primary N) is 1. The van der Waals surface area contributed by atoms with Crippen LogP contribution in [-0.4, -0.2) is 116 Å². The van der Waals surface area contributed by atoms with Gasteiger partial charge in [-0.15, -0.1) is 0 Å². The summed E-state index contributed by atoms with van der Waals surface area (Å²) in [4.78, 5) is 46.3. The van der Waals surface area contributed by atoms with Crippen molar-refractivity contribution in [2.45, 2.75) is 50.7 Å². The topological polar surface area (TPSA) is 179 Å². The third kappa shape index (κ3) is 10.5. The van der Waals surface area contributed by atoms with Gasteiger partial charge >= 0.3 is 0 Å². The second kappa shape index (κ2) is 21.4. The van der Waals surface area contributed by atoms with E-state index in [0.29, 0.717) is 84.9 Å². The molecule has 2 aliphatic rings. The van der Waals surface area contributed by atoms with Gasteiger partial charge in [0.15, 0.2) is 0 Å². The number of benzene rings is 4. The summed E-state index contributed by atoms with van der Waals surface area (Å²) in [6, 6.07) is 14.7. The summed E-state index contributed by atoms with van der Waals surface area (Å²) in [5, 5.41) is 10.00. The van der Waals surface area contributed by atoms with Crippen LogP contribution in [0.2, 0.25) is 20.1 Å². The summed E-state index contributed by atoms with van der Waals surface area (Å²) in [5.41, 5.74) is 10.6. The predicted molar refractivity (Wildman–Crippen MR) is 271 cm³/mol. The smallest absolute Gasteiger partial charge is 0.225 e. The number of nitrogens with one attached hydrogen (secondary N) is 2. The maximum atomic E-state index is 12.4. The van der Waals surface area contributed by atoms with Gasteiger partial charge in [0.25, 0.3) is 0 Å². The van der Waals surface area contributed by atoms with Crippen LogP contribution >= 0.6 is 46.4 Å². The minimum Gasteiger partial charge on any atom is -0.495 e. The van der Waals surface area contributed by atoms with Crippen LogP contribution in [0.5, 0.6) is 23.0 Å². The van der Waals surface area contributed by atoms with Crippen LogP contribution in [0.25, 0.3) is 44.1 Å². The Morgan fingerprint density at radius 1 is 0.588 bits per heavy atom. The number of carbonyl (C=O) groups excluding carboxylic acids is 2. The molecule has 4 N–H and O–H groups in total. The molecule has 0 aliphatic heterocycles. The van der Waals surface area contributed by atoms with Crippen molar-refractivity contribution in [3.05, 3.63) is 81.0 Å². The van der Waals surface area contributed by atoms with Crippen molar-refractivity contribution < 1.29 is 28.5 Å². The summed E-state index contributed by atoms with van der Waals surface area (Å²) in [6.45, 7) is 2.16. The maximum Gasteiger partial charge on any atom is 0.225 e. The quantitative estimate of drug-likeness (QED) is 0.106. The number of hydrogen-bond donors (Lipinski definition) is 3. The lowest BCUT2D eigenvalue weighted by atomic mass is 10.0. The number of nitrogens with zero attached hydrogens (tertiary/aromatic N) is 6. The Balaban J connectivity index is 0.000000201. The van der Waals surface area contributed by atoms with E-state index in [9.17, 15) is 9.59 Å². The van der Waals surface area contributed by atoms with Crippen LogP contribution < -0.4 is 35.3 Å². The van der Waals surface area contributed by atoms with Gasteiger partial charge in [0.05, 0.1) is 59.6 Å². The first-order valence-electron chi connectivity index (χ1n) is 21.9. The first-order valence-corrected chi connectivity index (χ1v) is 23.4. The van der Waals surface area contributed by atoms with Crippen LogP contribution in [-0.2, 0) is 9.59 Å². The van der Waals surface area contributed by atoms with E-state index in [4.69, 9.17) is 76.1 Å². The van der Waals surface area contributed by atoms with E-state index in [1.165, 1.54) is 14.2 Å². The van der Waals surface area contributed by atoms with Gasteiger partial charge in [-0.3, -0.25) is 9.59 Å². The van der Waals surface area contributed by atoms with Gasteiger partial charge in [-0.05, 0) is 67.0 Å². The van der Waals surface area contributed by atoms with Crippen molar-refractivity contribution in [3.8, 4) is 45.3 Å². The SMILES string of the molecule is COc1cc(OC)c(Cl)c(-c2ccc3nc(NC4C[C@@H](C(=O)N(C)C)CC4C)ncc3c2)c1Cl.COc1cc(OC)c(Cl)c(-c2ccc3nc(NC4C[C@@H](C(=O)N(C)C)CC4N)ncc3c2)c1Cl. The van der Waals surface area contributed by atoms with Gasteiger partial charge in [-0.2, -0.15) is 0 Å². The summed E-state index contributed by atoms with van der Waals surface area (Å²) in [5.74, 6) is 3.46. The Labute approximate surface area is 415 Å². The summed E-state index contributed by atoms with van der Waals surface area (Å²) < 4.78 is 21.5. The molecule has 6 atom stereocenters. The Kier molecular flexibility index (Phi) is 15.8. The zero-order chi connectivity index (χ0) is 49.1. The number of fused-ring (bicyclic) bond motifs is 2. The van der Waals surface area contributed by atoms with Gasteiger partial charge in [0.2, 0.25) is 23.7 Å². The van der Waals surface area contributed by atoms with Gasteiger partial charge in [0.1, 0.15) is 23.0 Å². The Bertz CT molecular complexity index is 2610. The van der Waals surface area contributed by atoms with E-state index in [1.807, 2.05) is 36.4 Å². The maximum absolute atomic E-state index is 12.4. The van der Waals surface area contributed by atoms with Gasteiger partial charge < -0.3 is 45.1 Å². The van der Waals surface area contributed by atoms with E-state index in [0.717, 1.165) is 45.8 Å². The van der Waals surface area contributed by atoms with Crippen LogP contribution in [0.4, 0.5) is 11.9 Å². The number of aromatic nitrogens is 4. The molecule has 2 aromatic heterocycles. The fourth-order valence-corrected chi connectivity index (χ4v) is 10.4. The summed E-state index contributed by atoms with van der Waals surface area (Å²) in [6.07, 6.45) is 6.42. The summed E-state index contributed by atoms with van der Waals surface area (Å²) in [7, 11) is 13.3. The highest BCUT2D eigenvalue weighted by Crippen LogP contribution is 2.48. The Morgan fingerprint density at radius 2 is 0.971 bits per heavy atom. The van der Waals surface area contributed by atoms with Gasteiger partial charge in [-0.1, -0.05) is 65.5 Å². The van der Waals surface area contributed by atoms with Crippen LogP contribution in [0.3, 0.4) is 0 Å². The van der Waals surface area contributed by atoms with Gasteiger partial charge in [0, 0.05) is 105 Å². The molecule has 6 aromatic rings. The highest BCUT2D eigenvalue weighted by atomic mass is 35.5. The first kappa shape index (κ1) is 50.3. The third-order valence-electron chi connectivity index (χ3n) is 12.6. The molecule has 0 radical (unpaired) electrons. The number of rotatable bonds is 12. The third-order valence-corrected chi connectivity index (χ3v) is 14.1. The van der Waals surface area contributed by atoms with Crippen LogP contribution in [0, 0.1) is 17.8 Å². The van der Waals surface area contributed by atoms with E-state index >= 15 is 0 Å². The molecule has 2 aliphatic carbocycles. The second-order valence-corrected chi connectivity index (χ2v) is 19.0. The van der Waals surface area contributed by atoms with E-state index < -0.39 is 0 Å². The van der Waals surface area contributed by atoms with Gasteiger partial charge in [-0.25, -0.2) is 19.9 Å². The Morgan fingerprint density at radius 3 is 1.37 bits per heavy atom. The number of hydrogen-bond acceptors (Lipinski definition) is 13. The molecule has 8 rings (SSSR count). The molecule has 360 valence electrons. The zero-order valence-corrected chi connectivity index (χ0v) is 42.3. The van der Waals surface area contributed by atoms with Crippen molar-refractivity contribution in [2.75, 3.05) is 67.3 Å². The highest BCUT2D eigenvalue weighted by molar-refractivity contribution is 6.42. The van der Waals surface area contributed by atoms with Crippen molar-refractivity contribution in [1.29, 1.82) is 0 Å². The predicted octanol–water partition coefficient (Wildman–Crippen LogP) is 9.76. The zero-order valence-electron chi connectivity index (χ0n) is 39.3. The fraction of sp³-hybridized carbons (Fsp3) is 0.388. The van der Waals surface area contributed by atoms with E-state index in [1.54, 1.807) is 76.7 Å². The number of anilines is 2. The molecule has 15 nitrogen and oxygen atoms in total. The molecule has 2 saturated carbocycles. The van der Waals surface area contributed by atoms with Crippen molar-refractivity contribution in [1.82, 2.24) is 29.7 Å². The fourth-order valence-electron chi connectivity index (χ4n) is 8.95. The standard InChI is InChI=1S/C25H28Cl2N4O3.C24H27Cl2N5O3/c1-13-8-15(24(32)31(2)3)10-18(13)30-25-28-12-16-9-14(6-7-17(16)29-25)21-22(26)19(33-4)11-20(34-5)23(21)27;1-31(2)23(32)13-8-15(27)17(9-13)30-24-28-11-14-7-12(5-6-16(14)29-24)20-21(25)18(33-3)10-19(34-4)22(20)26/h6-7,9,11-13,15,18H,8,10H2,1-5H3,(H,28,29,30);5-7,10-11,13,15,17H,8-9,27H2,1-4H3,(H,28,29,30)/t13?,15-,18?;13-,15?,17?/m00/s1. The molecule has 68 heavy (non-hydrogen) atoms. The number of methoxy groups -OCH3 is 4. The second-order valence-electron chi connectivity index (χ2n) is 17.4. The van der Waals surface area contributed by atoms with E-state index in [-0.39, 0.29) is 41.8 Å². The molecule has 4 aromatic carbocycles. The lowest BCUT2D eigenvalue weighted by Gasteiger charge is -2.18. The molecular formula is C49H55Cl4N9O6. The Hall–Kier alpha value is -5.58. The molecule has 0 saturated heterocycles. The number of halogens is 4. The minimum absolute atomic E-state index is 0.0277. The molecule has 19 heteroatoms. The average molecular weight is 1010 g/mol. The van der Waals surface area contributed by atoms with Crippen molar-refractivity contribution in [2.24, 2.45) is 23.5 Å². The monoisotopic (exact) mass is 1010 g/mol. The first-order chi connectivity index (χ1) is 32.5. The molecule has 0 bridgehead atoms.